The fourth-order valence-corrected chi connectivity index (χ4v) is 3.90. The first-order valence-corrected chi connectivity index (χ1v) is 12.1. The van der Waals surface area contributed by atoms with Crippen molar-refractivity contribution in [2.75, 3.05) is 17.3 Å². The molecular formula is C25H22F3N3NaO4S. The summed E-state index contributed by atoms with van der Waals surface area (Å²) in [6.07, 6.45) is -0.916. The number of alkyl halides is 3. The van der Waals surface area contributed by atoms with Gasteiger partial charge in [-0.05, 0) is 53.8 Å². The molecular weight excluding hydrogens is 518 g/mol. The Morgan fingerprint density at radius 2 is 1.73 bits per heavy atom. The van der Waals surface area contributed by atoms with Gasteiger partial charge >= 0.3 is 12.1 Å². The summed E-state index contributed by atoms with van der Waals surface area (Å²) in [7, 11) is 0. The number of carbonyl (C=O) groups is 3. The quantitative estimate of drug-likeness (QED) is 0.343. The molecule has 0 saturated heterocycles. The molecule has 0 aliphatic carbocycles. The number of halogens is 3. The van der Waals surface area contributed by atoms with Crippen molar-refractivity contribution in [3.63, 3.8) is 0 Å². The third-order valence-electron chi connectivity index (χ3n) is 5.19. The van der Waals surface area contributed by atoms with E-state index < -0.39 is 41.1 Å². The fraction of sp³-hybridized carbons (Fsp3) is 0.200. The molecule has 2 amide bonds. The van der Waals surface area contributed by atoms with Crippen molar-refractivity contribution >= 4 is 64.8 Å². The predicted molar refractivity (Wildman–Crippen MR) is 137 cm³/mol. The van der Waals surface area contributed by atoms with Crippen LogP contribution in [-0.4, -0.2) is 75.5 Å². The molecule has 189 valence electrons. The summed E-state index contributed by atoms with van der Waals surface area (Å²) in [5, 5.41) is 14.4. The first kappa shape index (κ1) is 30.4. The van der Waals surface area contributed by atoms with E-state index in [0.717, 1.165) is 12.4 Å². The average Bonchev–Trinajstić information content (AvgIpc) is 2.86. The summed E-state index contributed by atoms with van der Waals surface area (Å²) >= 11 is 1.45. The standard InChI is InChI=1S/C25H22F3N3O4S.Na/c1-36-12-10-21(24(34)35)31-22(32)17-8-7-16(13-18(17)15-5-3-2-4-6-15)30-23(33)19-14-29-11-9-20(19)25(26,27)28;/h2-9,11,13-14,21H,10,12H2,1H3,(H,30,33)(H,31,32)(H,34,35);/t21-;/m0./s1. The zero-order valence-electron chi connectivity index (χ0n) is 20.0. The van der Waals surface area contributed by atoms with Crippen molar-refractivity contribution in [1.29, 1.82) is 0 Å². The van der Waals surface area contributed by atoms with Gasteiger partial charge in [0.25, 0.3) is 11.8 Å². The molecule has 0 bridgehead atoms. The Morgan fingerprint density at radius 1 is 1.03 bits per heavy atom. The second-order valence-electron chi connectivity index (χ2n) is 7.65. The van der Waals surface area contributed by atoms with Crippen LogP contribution in [0.15, 0.2) is 67.0 Å². The van der Waals surface area contributed by atoms with Gasteiger partial charge in [0.15, 0.2) is 0 Å². The monoisotopic (exact) mass is 540 g/mol. The number of carbonyl (C=O) groups excluding carboxylic acids is 2. The number of aromatic nitrogens is 1. The zero-order valence-corrected chi connectivity index (χ0v) is 22.8. The van der Waals surface area contributed by atoms with Gasteiger partial charge in [-0.25, -0.2) is 4.79 Å². The van der Waals surface area contributed by atoms with Crippen LogP contribution in [0.3, 0.4) is 0 Å². The Balaban J connectivity index is 0.00000481. The summed E-state index contributed by atoms with van der Waals surface area (Å²) < 4.78 is 40.0. The van der Waals surface area contributed by atoms with Gasteiger partial charge in [0.2, 0.25) is 0 Å². The zero-order chi connectivity index (χ0) is 26.3. The number of anilines is 1. The summed E-state index contributed by atoms with van der Waals surface area (Å²) in [6, 6.07) is 12.5. The number of nitrogens with zero attached hydrogens (tertiary/aromatic N) is 1. The largest absolute Gasteiger partial charge is 0.480 e. The van der Waals surface area contributed by atoms with Gasteiger partial charge < -0.3 is 15.7 Å². The van der Waals surface area contributed by atoms with Gasteiger partial charge in [0, 0.05) is 53.2 Å². The molecule has 2 aromatic carbocycles. The van der Waals surface area contributed by atoms with Crippen molar-refractivity contribution in [2.45, 2.75) is 18.6 Å². The van der Waals surface area contributed by atoms with E-state index in [2.05, 4.69) is 15.6 Å². The topological polar surface area (TPSA) is 108 Å². The summed E-state index contributed by atoms with van der Waals surface area (Å²) in [5.74, 6) is -2.29. The van der Waals surface area contributed by atoms with E-state index in [1.807, 2.05) is 6.26 Å². The molecule has 3 rings (SSSR count). The van der Waals surface area contributed by atoms with Crippen molar-refractivity contribution < 1.29 is 32.7 Å². The normalized spacial score (nSPS) is 11.7. The summed E-state index contributed by atoms with van der Waals surface area (Å²) in [4.78, 5) is 40.9. The van der Waals surface area contributed by atoms with Crippen LogP contribution in [0.2, 0.25) is 0 Å². The molecule has 0 aliphatic heterocycles. The molecule has 1 aromatic heterocycles. The van der Waals surface area contributed by atoms with Crippen molar-refractivity contribution in [3.05, 3.63) is 83.7 Å². The molecule has 7 nitrogen and oxygen atoms in total. The number of thioether (sulfide) groups is 1. The first-order chi connectivity index (χ1) is 17.1. The van der Waals surface area contributed by atoms with Gasteiger partial charge in [-0.3, -0.25) is 14.6 Å². The van der Waals surface area contributed by atoms with E-state index in [4.69, 9.17) is 0 Å². The van der Waals surface area contributed by atoms with Gasteiger partial charge in [-0.2, -0.15) is 24.9 Å². The number of aliphatic carboxylic acids is 1. The first-order valence-electron chi connectivity index (χ1n) is 10.7. The Labute approximate surface area is 237 Å². The second-order valence-corrected chi connectivity index (χ2v) is 8.63. The van der Waals surface area contributed by atoms with Crippen LogP contribution in [0.25, 0.3) is 11.1 Å². The number of rotatable bonds is 9. The predicted octanol–water partition coefficient (Wildman–Crippen LogP) is 4.58. The molecule has 37 heavy (non-hydrogen) atoms. The third kappa shape index (κ3) is 8.06. The minimum Gasteiger partial charge on any atom is -0.480 e. The van der Waals surface area contributed by atoms with Gasteiger partial charge in [-0.15, -0.1) is 0 Å². The number of nitrogens with one attached hydrogen (secondary N) is 2. The Morgan fingerprint density at radius 3 is 2.35 bits per heavy atom. The molecule has 3 N–H and O–H groups in total. The van der Waals surface area contributed by atoms with Crippen LogP contribution in [-0.2, 0) is 11.0 Å². The smallest absolute Gasteiger partial charge is 0.417 e. The van der Waals surface area contributed by atoms with Gasteiger partial charge in [0.1, 0.15) is 6.04 Å². The van der Waals surface area contributed by atoms with E-state index in [0.29, 0.717) is 22.9 Å². The van der Waals surface area contributed by atoms with Crippen LogP contribution in [0.1, 0.15) is 32.7 Å². The molecule has 1 radical (unpaired) electrons. The molecule has 12 heteroatoms. The Hall–Kier alpha value is -2.86. The maximum atomic E-state index is 13.3. The number of carboxylic acids is 1. The maximum Gasteiger partial charge on any atom is 0.417 e. The van der Waals surface area contributed by atoms with Gasteiger partial charge in [-0.1, -0.05) is 30.3 Å². The van der Waals surface area contributed by atoms with Crippen LogP contribution in [0.4, 0.5) is 18.9 Å². The molecule has 0 fully saturated rings. The number of benzene rings is 2. The second kappa shape index (κ2) is 13.6. The minimum absolute atomic E-state index is 0. The fourth-order valence-electron chi connectivity index (χ4n) is 3.43. The SMILES string of the molecule is CSCC[C@H](NC(=O)c1ccc(NC(=O)c2cnccc2C(F)(F)F)cc1-c1ccccc1)C(=O)O.[Na]. The number of amides is 2. The number of pyridine rings is 1. The van der Waals surface area contributed by atoms with E-state index in [1.54, 1.807) is 30.3 Å². The van der Waals surface area contributed by atoms with Crippen LogP contribution in [0.5, 0.6) is 0 Å². The van der Waals surface area contributed by atoms with Gasteiger partial charge in [0.05, 0.1) is 11.1 Å². The minimum atomic E-state index is -4.75. The van der Waals surface area contributed by atoms with E-state index in [9.17, 15) is 32.7 Å². The van der Waals surface area contributed by atoms with Crippen LogP contribution in [0, 0.1) is 0 Å². The molecule has 0 unspecified atom stereocenters. The summed E-state index contributed by atoms with van der Waals surface area (Å²) in [5.41, 5.74) is -0.531. The van der Waals surface area contributed by atoms with Crippen LogP contribution < -0.4 is 10.6 Å². The van der Waals surface area contributed by atoms with E-state index in [1.165, 1.54) is 30.0 Å². The maximum absolute atomic E-state index is 13.3. The molecule has 0 aliphatic rings. The molecule has 1 atom stereocenters. The molecule has 0 spiro atoms. The number of carboxylic acid groups (broad SMARTS) is 1. The van der Waals surface area contributed by atoms with Crippen molar-refractivity contribution in [3.8, 4) is 11.1 Å². The summed E-state index contributed by atoms with van der Waals surface area (Å²) in [6.45, 7) is 0. The van der Waals surface area contributed by atoms with E-state index in [-0.39, 0.29) is 47.2 Å². The van der Waals surface area contributed by atoms with Crippen molar-refractivity contribution in [2.24, 2.45) is 0 Å². The Bertz CT molecular complexity index is 1260. The number of hydrogen-bond acceptors (Lipinski definition) is 5. The van der Waals surface area contributed by atoms with Crippen molar-refractivity contribution in [1.82, 2.24) is 10.3 Å². The average molecular weight is 541 g/mol. The third-order valence-corrected chi connectivity index (χ3v) is 5.84. The molecule has 0 saturated carbocycles. The molecule has 3 aromatic rings. The number of hydrogen-bond donors (Lipinski definition) is 3. The Kier molecular flexibility index (Phi) is 11.2. The van der Waals surface area contributed by atoms with Crippen LogP contribution >= 0.6 is 11.8 Å². The van der Waals surface area contributed by atoms with E-state index >= 15 is 0 Å². The molecule has 1 heterocycles.